The lowest BCUT2D eigenvalue weighted by atomic mass is 10.2. The van der Waals surface area contributed by atoms with Gasteiger partial charge in [0.25, 0.3) is 0 Å². The molecule has 0 bridgehead atoms. The van der Waals surface area contributed by atoms with Crippen LogP contribution in [-0.4, -0.2) is 42.9 Å². The number of nitrogens with one attached hydrogen (secondary N) is 2. The fraction of sp³-hybridized carbons (Fsp3) is 0.0800. The number of aliphatic imine (C=N–C) groups is 1. The van der Waals surface area contributed by atoms with Crippen LogP contribution >= 0.6 is 0 Å². The van der Waals surface area contributed by atoms with E-state index in [0.717, 1.165) is 0 Å². The lowest BCUT2D eigenvalue weighted by molar-refractivity contribution is -0.274. The van der Waals surface area contributed by atoms with Crippen molar-refractivity contribution >= 4 is 29.6 Å². The molecule has 0 saturated carbocycles. The maximum Gasteiger partial charge on any atom is 0.573 e. The van der Waals surface area contributed by atoms with E-state index < -0.39 is 12.4 Å². The van der Waals surface area contributed by atoms with Gasteiger partial charge in [-0.15, -0.1) is 18.3 Å². The monoisotopic (exact) mass is 522 g/mol. The van der Waals surface area contributed by atoms with E-state index in [4.69, 9.17) is 0 Å². The number of ether oxygens (including phenoxy) is 1. The largest absolute Gasteiger partial charge is 0.573 e. The summed E-state index contributed by atoms with van der Waals surface area (Å²) in [5, 5.41) is 9.74. The van der Waals surface area contributed by atoms with Crippen LogP contribution in [0, 0.1) is 0 Å². The van der Waals surface area contributed by atoms with Crippen molar-refractivity contribution in [3.05, 3.63) is 86.1 Å². The summed E-state index contributed by atoms with van der Waals surface area (Å²) in [5.41, 5.74) is 2.24. The highest BCUT2D eigenvalue weighted by Gasteiger charge is 2.31. The molecule has 0 aliphatic rings. The summed E-state index contributed by atoms with van der Waals surface area (Å²) >= 11 is 0. The molecule has 2 aromatic carbocycles. The number of hydrogen-bond donors (Lipinski definition) is 2. The number of anilines is 2. The minimum Gasteiger partial charge on any atom is -0.406 e. The molecule has 0 atom stereocenters. The minimum absolute atomic E-state index is 0.280. The van der Waals surface area contributed by atoms with Crippen LogP contribution in [0.25, 0.3) is 22.8 Å². The van der Waals surface area contributed by atoms with Crippen molar-refractivity contribution < 1.29 is 22.7 Å². The summed E-state index contributed by atoms with van der Waals surface area (Å²) in [6.45, 7) is 5.72. The molecule has 0 fully saturated rings. The molecule has 4 rings (SSSR count). The van der Waals surface area contributed by atoms with E-state index >= 15 is 0 Å². The van der Waals surface area contributed by atoms with Gasteiger partial charge in [0.05, 0.1) is 5.69 Å². The third kappa shape index (κ3) is 6.72. The predicted octanol–water partition coefficient (Wildman–Crippen LogP) is 5.75. The number of nitrogens with zero attached hydrogens (tertiary/aromatic N) is 6. The van der Waals surface area contributed by atoms with Crippen LogP contribution in [0.4, 0.5) is 29.6 Å². The Hall–Kier alpha value is -5.20. The molecule has 0 spiro atoms. The van der Waals surface area contributed by atoms with Gasteiger partial charge in [0, 0.05) is 41.8 Å². The van der Waals surface area contributed by atoms with Gasteiger partial charge in [0.1, 0.15) is 12.1 Å². The molecule has 0 saturated heterocycles. The van der Waals surface area contributed by atoms with Gasteiger partial charge in [-0.3, -0.25) is 14.9 Å². The maximum absolute atomic E-state index is 12.5. The summed E-state index contributed by atoms with van der Waals surface area (Å²) in [7, 11) is 0. The SMILES string of the molecule is C=C(/C=C\N=CC)n1ccnc1NC(=O)Nc1ccc(-c2ncn(-c3ccc(OC(F)(F)F)cc3)n2)cc1. The van der Waals surface area contributed by atoms with Gasteiger partial charge in [-0.05, 0) is 61.5 Å². The summed E-state index contributed by atoms with van der Waals surface area (Å²) in [5.74, 6) is 0.334. The molecular formula is C25H21F3N8O2. The van der Waals surface area contributed by atoms with Gasteiger partial charge >= 0.3 is 12.4 Å². The van der Waals surface area contributed by atoms with Crippen LogP contribution < -0.4 is 15.4 Å². The van der Waals surface area contributed by atoms with Crippen LogP contribution in [0.3, 0.4) is 0 Å². The van der Waals surface area contributed by atoms with Gasteiger partial charge < -0.3 is 10.1 Å². The number of carbonyl (C=O) groups excluding carboxylic acids is 1. The highest BCUT2D eigenvalue weighted by molar-refractivity contribution is 5.99. The Balaban J connectivity index is 1.37. The Bertz CT molecular complexity index is 1470. The van der Waals surface area contributed by atoms with Crippen molar-refractivity contribution in [2.75, 3.05) is 10.6 Å². The lowest BCUT2D eigenvalue weighted by Gasteiger charge is -2.10. The molecule has 13 heteroatoms. The molecule has 2 aromatic heterocycles. The van der Waals surface area contributed by atoms with Crippen LogP contribution in [0.5, 0.6) is 5.75 Å². The van der Waals surface area contributed by atoms with Crippen LogP contribution in [0.2, 0.25) is 0 Å². The smallest absolute Gasteiger partial charge is 0.406 e. The number of urea groups is 1. The quantitative estimate of drug-likeness (QED) is 0.226. The first-order chi connectivity index (χ1) is 18.2. The molecule has 0 unspecified atom stereocenters. The number of benzene rings is 2. The van der Waals surface area contributed by atoms with Crippen LogP contribution in [-0.2, 0) is 0 Å². The third-order valence-corrected chi connectivity index (χ3v) is 4.91. The number of aromatic nitrogens is 5. The van der Waals surface area contributed by atoms with E-state index in [1.165, 1.54) is 41.5 Å². The zero-order chi connectivity index (χ0) is 27.1. The van der Waals surface area contributed by atoms with Gasteiger partial charge in [-0.25, -0.2) is 19.4 Å². The average Bonchev–Trinajstić information content (AvgIpc) is 3.54. The number of halogens is 3. The van der Waals surface area contributed by atoms with Crippen molar-refractivity contribution in [2.24, 2.45) is 4.99 Å². The van der Waals surface area contributed by atoms with Crippen molar-refractivity contribution in [2.45, 2.75) is 13.3 Å². The highest BCUT2D eigenvalue weighted by Crippen LogP contribution is 2.24. The maximum atomic E-state index is 12.5. The van der Waals surface area contributed by atoms with Gasteiger partial charge in [-0.1, -0.05) is 6.58 Å². The van der Waals surface area contributed by atoms with Crippen molar-refractivity contribution in [3.8, 4) is 22.8 Å². The number of allylic oxidation sites excluding steroid dienone is 2. The summed E-state index contributed by atoms with van der Waals surface area (Å²) in [4.78, 5) is 24.8. The first kappa shape index (κ1) is 25.9. The Morgan fingerprint density at radius 1 is 1.08 bits per heavy atom. The molecule has 4 aromatic rings. The van der Waals surface area contributed by atoms with E-state index in [2.05, 4.69) is 42.0 Å². The highest BCUT2D eigenvalue weighted by atomic mass is 19.4. The zero-order valence-electron chi connectivity index (χ0n) is 19.9. The third-order valence-electron chi connectivity index (χ3n) is 4.91. The average molecular weight is 522 g/mol. The first-order valence-corrected chi connectivity index (χ1v) is 11.0. The van der Waals surface area contributed by atoms with Crippen molar-refractivity contribution in [3.63, 3.8) is 0 Å². The Kier molecular flexibility index (Phi) is 7.66. The molecule has 194 valence electrons. The number of alkyl halides is 3. The number of amides is 2. The lowest BCUT2D eigenvalue weighted by Crippen LogP contribution is -2.21. The molecule has 2 amide bonds. The second-order valence-corrected chi connectivity index (χ2v) is 7.55. The molecular weight excluding hydrogens is 501 g/mol. The normalized spacial score (nSPS) is 11.7. The van der Waals surface area contributed by atoms with E-state index in [1.54, 1.807) is 60.4 Å². The Morgan fingerprint density at radius 2 is 1.82 bits per heavy atom. The summed E-state index contributed by atoms with van der Waals surface area (Å²) in [6, 6.07) is 11.5. The first-order valence-electron chi connectivity index (χ1n) is 11.0. The van der Waals surface area contributed by atoms with E-state index in [-0.39, 0.29) is 11.7 Å². The van der Waals surface area contributed by atoms with E-state index in [9.17, 15) is 18.0 Å². The standard InChI is InChI=1S/C25H21F3N8O2/c1-3-29-13-12-17(2)35-15-14-30-23(35)33-24(37)32-19-6-4-18(5-7-19)22-31-16-36(34-22)20-8-10-21(11-9-20)38-25(26,27)28/h3-16H,2H2,1H3,(H2,30,32,33,37)/b13-12-,29-3?. The predicted molar refractivity (Wildman–Crippen MR) is 137 cm³/mol. The minimum atomic E-state index is -4.76. The molecule has 0 radical (unpaired) electrons. The number of hydrogen-bond acceptors (Lipinski definition) is 6. The Labute approximate surface area is 214 Å². The summed E-state index contributed by atoms with van der Waals surface area (Å²) in [6.07, 6.45) is 4.75. The molecule has 38 heavy (non-hydrogen) atoms. The van der Waals surface area contributed by atoms with Crippen LogP contribution in [0.1, 0.15) is 6.92 Å². The van der Waals surface area contributed by atoms with Crippen molar-refractivity contribution in [1.82, 2.24) is 24.3 Å². The number of carbonyl (C=O) groups is 1. The van der Waals surface area contributed by atoms with E-state index in [0.29, 0.717) is 28.5 Å². The number of imidazole rings is 1. The summed E-state index contributed by atoms with van der Waals surface area (Å²) < 4.78 is 43.9. The van der Waals surface area contributed by atoms with E-state index in [1.807, 2.05) is 0 Å². The molecule has 2 N–H and O–H groups in total. The Morgan fingerprint density at radius 3 is 2.50 bits per heavy atom. The molecule has 0 aliphatic heterocycles. The second kappa shape index (κ2) is 11.2. The van der Waals surface area contributed by atoms with Crippen molar-refractivity contribution in [1.29, 1.82) is 0 Å². The molecule has 0 aliphatic carbocycles. The molecule has 10 nitrogen and oxygen atoms in total. The van der Waals surface area contributed by atoms with Gasteiger partial charge in [0.15, 0.2) is 5.82 Å². The topological polar surface area (TPSA) is 111 Å². The van der Waals surface area contributed by atoms with Gasteiger partial charge in [-0.2, -0.15) is 0 Å². The molecule has 2 heterocycles. The fourth-order valence-electron chi connectivity index (χ4n) is 3.21. The zero-order valence-corrected chi connectivity index (χ0v) is 19.9. The number of rotatable bonds is 8. The van der Waals surface area contributed by atoms with Gasteiger partial charge in [0.2, 0.25) is 5.95 Å². The fourth-order valence-corrected chi connectivity index (χ4v) is 3.21. The van der Waals surface area contributed by atoms with Crippen LogP contribution in [0.15, 0.2) is 91.1 Å². The second-order valence-electron chi connectivity index (χ2n) is 7.55.